The summed E-state index contributed by atoms with van der Waals surface area (Å²) in [4.78, 5) is 14.5. The van der Waals surface area contributed by atoms with Gasteiger partial charge in [0.25, 0.3) is 0 Å². The third-order valence-electron chi connectivity index (χ3n) is 7.37. The number of rotatable bonds is 4. The van der Waals surface area contributed by atoms with Gasteiger partial charge in [0.05, 0.1) is 18.1 Å². The molecule has 1 spiro atoms. The Morgan fingerprint density at radius 3 is 2.16 bits per heavy atom. The first-order valence-corrected chi connectivity index (χ1v) is 19.8. The molecule has 3 saturated heterocycles. The van der Waals surface area contributed by atoms with E-state index >= 15 is 0 Å². The van der Waals surface area contributed by atoms with Crippen LogP contribution in [0.4, 0.5) is 0 Å². The highest BCUT2D eigenvalue weighted by Crippen LogP contribution is 2.56. The van der Waals surface area contributed by atoms with E-state index in [-0.39, 0.29) is 34.6 Å². The molecule has 3 aliphatic rings. The minimum atomic E-state index is -3.94. The number of fused-ring (bicyclic) bond motifs is 1. The lowest BCUT2D eigenvalue weighted by Gasteiger charge is -2.58. The predicted molar refractivity (Wildman–Crippen MR) is 145 cm³/mol. The van der Waals surface area contributed by atoms with Crippen LogP contribution in [0.25, 0.3) is 0 Å². The summed E-state index contributed by atoms with van der Waals surface area (Å²) in [6, 6.07) is 8.15. The molecular formula is C26H42O8SSi2. The summed E-state index contributed by atoms with van der Waals surface area (Å²) in [5.41, 5.74) is 0. The molecule has 5 atom stereocenters. The molecule has 3 aliphatic heterocycles. The third-order valence-corrected chi connectivity index (χ3v) is 15.7. The van der Waals surface area contributed by atoms with E-state index in [0.29, 0.717) is 0 Å². The van der Waals surface area contributed by atoms with Crippen molar-refractivity contribution in [3.05, 3.63) is 30.3 Å². The van der Waals surface area contributed by atoms with Gasteiger partial charge in [-0.2, -0.15) is 0 Å². The van der Waals surface area contributed by atoms with E-state index in [1.54, 1.807) is 18.2 Å². The molecule has 8 nitrogen and oxygen atoms in total. The minimum Gasteiger partial charge on any atom is -0.405 e. The van der Waals surface area contributed by atoms with Crippen LogP contribution in [0.5, 0.6) is 0 Å². The van der Waals surface area contributed by atoms with Crippen molar-refractivity contribution in [3.8, 4) is 0 Å². The molecule has 0 bridgehead atoms. The van der Waals surface area contributed by atoms with Crippen LogP contribution in [-0.4, -0.2) is 73.6 Å². The number of benzene rings is 1. The fraction of sp³-hybridized carbons (Fsp3) is 0.731. The van der Waals surface area contributed by atoms with Crippen molar-refractivity contribution in [1.29, 1.82) is 0 Å². The maximum absolute atomic E-state index is 14.4. The van der Waals surface area contributed by atoms with Gasteiger partial charge >= 0.3 is 8.56 Å². The van der Waals surface area contributed by atoms with Crippen LogP contribution in [0.15, 0.2) is 35.2 Å². The second-order valence-electron chi connectivity index (χ2n) is 13.3. The van der Waals surface area contributed by atoms with Crippen molar-refractivity contribution in [1.82, 2.24) is 0 Å². The second kappa shape index (κ2) is 9.33. The normalized spacial score (nSPS) is 32.9. The highest BCUT2D eigenvalue weighted by Gasteiger charge is 2.70. The van der Waals surface area contributed by atoms with E-state index in [0.717, 1.165) is 0 Å². The number of hydrogen-bond acceptors (Lipinski definition) is 8. The van der Waals surface area contributed by atoms with Gasteiger partial charge in [-0.25, -0.2) is 8.42 Å². The van der Waals surface area contributed by atoms with E-state index in [4.69, 9.17) is 22.8 Å². The molecule has 0 unspecified atom stereocenters. The first-order chi connectivity index (χ1) is 16.9. The van der Waals surface area contributed by atoms with Gasteiger partial charge in [-0.15, -0.1) is 0 Å². The molecule has 1 aromatic carbocycles. The van der Waals surface area contributed by atoms with Crippen molar-refractivity contribution < 1.29 is 36.0 Å². The molecule has 208 valence electrons. The molecule has 0 N–H and O–H groups in total. The monoisotopic (exact) mass is 570 g/mol. The number of sulfone groups is 1. The summed E-state index contributed by atoms with van der Waals surface area (Å²) in [5.74, 6) is -2.48. The Morgan fingerprint density at radius 1 is 1.03 bits per heavy atom. The quantitative estimate of drug-likeness (QED) is 0.485. The van der Waals surface area contributed by atoms with Gasteiger partial charge in [-0.1, -0.05) is 59.7 Å². The van der Waals surface area contributed by atoms with Crippen LogP contribution < -0.4 is 0 Å². The molecule has 0 amide bonds. The van der Waals surface area contributed by atoms with E-state index in [2.05, 4.69) is 41.5 Å². The Morgan fingerprint density at radius 2 is 1.62 bits per heavy atom. The number of hydrogen-bond donors (Lipinski definition) is 0. The maximum Gasteiger partial charge on any atom is 0.349 e. The van der Waals surface area contributed by atoms with Crippen molar-refractivity contribution in [3.63, 3.8) is 0 Å². The topological polar surface area (TPSA) is 97.4 Å². The second-order valence-corrected chi connectivity index (χ2v) is 24.7. The van der Waals surface area contributed by atoms with Gasteiger partial charge < -0.3 is 22.8 Å². The Kier molecular flexibility index (Phi) is 7.33. The summed E-state index contributed by atoms with van der Waals surface area (Å²) in [7, 11) is -9.18. The van der Waals surface area contributed by atoms with E-state index in [1.165, 1.54) is 12.1 Å². The van der Waals surface area contributed by atoms with Crippen LogP contribution in [0.1, 0.15) is 48.0 Å². The molecule has 0 aliphatic carbocycles. The summed E-state index contributed by atoms with van der Waals surface area (Å²) in [6.07, 6.45) is -2.30. The summed E-state index contributed by atoms with van der Waals surface area (Å²) >= 11 is 0. The lowest BCUT2D eigenvalue weighted by Crippen LogP contribution is -2.75. The largest absolute Gasteiger partial charge is 0.405 e. The number of ketones is 1. The van der Waals surface area contributed by atoms with Crippen LogP contribution >= 0.6 is 0 Å². The molecule has 11 heteroatoms. The zero-order valence-corrected chi connectivity index (χ0v) is 26.3. The highest BCUT2D eigenvalue weighted by atomic mass is 32.2. The van der Waals surface area contributed by atoms with E-state index in [9.17, 15) is 13.2 Å². The fourth-order valence-electron chi connectivity index (χ4n) is 6.07. The summed E-state index contributed by atoms with van der Waals surface area (Å²) in [6.45, 7) is 18.9. The molecule has 4 rings (SSSR count). The Hall–Kier alpha value is -0.926. The van der Waals surface area contributed by atoms with Gasteiger partial charge in [-0.3, -0.25) is 4.79 Å². The van der Waals surface area contributed by atoms with Crippen LogP contribution in [0, 0.1) is 0 Å². The van der Waals surface area contributed by atoms with Gasteiger partial charge in [-0.05, 0) is 38.2 Å². The number of carbonyl (C=O) groups is 1. The molecule has 0 radical (unpaired) electrons. The van der Waals surface area contributed by atoms with E-state index in [1.807, 2.05) is 19.6 Å². The number of ether oxygens (including phenoxy) is 2. The molecule has 0 saturated carbocycles. The Balaban J connectivity index is 1.80. The SMILES string of the molecule is CC(C)(C)[Si]1(C(C)(C)C)OC[C@H]2O[C@]3(OCC[C@H]3S(=O)(=O)c3ccccc3)C(=O)[C@@H](O[Si](C)(C)C)[C@@H]2O1. The average molecular weight is 571 g/mol. The lowest BCUT2D eigenvalue weighted by molar-refractivity contribution is -0.283. The average Bonchev–Trinajstić information content (AvgIpc) is 3.20. The van der Waals surface area contributed by atoms with Gasteiger partial charge in [0.2, 0.25) is 11.6 Å². The van der Waals surface area contributed by atoms with Crippen LogP contribution in [0.3, 0.4) is 0 Å². The molecule has 37 heavy (non-hydrogen) atoms. The molecule has 0 aromatic heterocycles. The van der Waals surface area contributed by atoms with Crippen molar-refractivity contribution >= 4 is 32.5 Å². The molecule has 3 fully saturated rings. The maximum atomic E-state index is 14.4. The highest BCUT2D eigenvalue weighted by molar-refractivity contribution is 7.92. The fourth-order valence-corrected chi connectivity index (χ4v) is 13.9. The standard InChI is InChI=1S/C26H42O8SSi2/c1-24(2,3)37(25(4,5)6)31-17-19-21(34-37)22(33-36(7,8)9)23(27)26(32-19)20(15-16-30-26)35(28,29)18-13-11-10-12-14-18/h10-14,19-22H,15-17H2,1-9H3/t19-,20-,21-,22+,26+/m1/s1. The molecule has 3 heterocycles. The Bertz CT molecular complexity index is 1110. The predicted octanol–water partition coefficient (Wildman–Crippen LogP) is 4.59. The minimum absolute atomic E-state index is 0.0872. The van der Waals surface area contributed by atoms with Crippen molar-refractivity contribution in [2.24, 2.45) is 0 Å². The zero-order chi connectivity index (χ0) is 27.7. The first kappa shape index (κ1) is 29.1. The Labute approximate surface area is 223 Å². The van der Waals surface area contributed by atoms with Crippen molar-refractivity contribution in [2.45, 2.75) is 112 Å². The molecule has 1 aromatic rings. The third kappa shape index (κ3) is 4.84. The molecular weight excluding hydrogens is 529 g/mol. The van der Waals surface area contributed by atoms with Gasteiger partial charge in [0, 0.05) is 10.1 Å². The zero-order valence-electron chi connectivity index (χ0n) is 23.5. The van der Waals surface area contributed by atoms with Crippen molar-refractivity contribution in [2.75, 3.05) is 13.2 Å². The van der Waals surface area contributed by atoms with Gasteiger partial charge in [0.15, 0.2) is 18.2 Å². The summed E-state index contributed by atoms with van der Waals surface area (Å²) in [5, 5.41) is -1.81. The van der Waals surface area contributed by atoms with Crippen LogP contribution in [-0.2, 0) is 37.4 Å². The number of carbonyl (C=O) groups excluding carboxylic acids is 1. The number of Topliss-reactive ketones (excluding diaryl/α,β-unsaturated/α-hetero) is 1. The lowest BCUT2D eigenvalue weighted by atomic mass is 9.92. The van der Waals surface area contributed by atoms with E-state index < -0.39 is 61.8 Å². The smallest absolute Gasteiger partial charge is 0.349 e. The van der Waals surface area contributed by atoms with Gasteiger partial charge in [0.1, 0.15) is 23.6 Å². The summed E-state index contributed by atoms with van der Waals surface area (Å²) < 4.78 is 59.9. The van der Waals surface area contributed by atoms with Crippen LogP contribution in [0.2, 0.25) is 29.7 Å². The first-order valence-electron chi connectivity index (χ1n) is 13.0.